The van der Waals surface area contributed by atoms with Gasteiger partial charge in [-0.15, -0.1) is 0 Å². The second-order valence-electron chi connectivity index (χ2n) is 9.76. The molecular formula is C26H33N3O6S. The van der Waals surface area contributed by atoms with Crippen LogP contribution < -0.4 is 15.4 Å². The van der Waals surface area contributed by atoms with Crippen LogP contribution in [0.25, 0.3) is 0 Å². The zero-order chi connectivity index (χ0) is 25.7. The van der Waals surface area contributed by atoms with E-state index in [-0.39, 0.29) is 23.2 Å². The summed E-state index contributed by atoms with van der Waals surface area (Å²) in [4.78, 5) is 23.7. The van der Waals surface area contributed by atoms with Crippen LogP contribution in [0.15, 0.2) is 53.4 Å². The lowest BCUT2D eigenvalue weighted by atomic mass is 9.86. The summed E-state index contributed by atoms with van der Waals surface area (Å²) in [6, 6.07) is 13.2. The van der Waals surface area contributed by atoms with Gasteiger partial charge in [-0.2, -0.15) is 0 Å². The third-order valence-corrected chi connectivity index (χ3v) is 8.65. The van der Waals surface area contributed by atoms with Crippen molar-refractivity contribution >= 4 is 27.6 Å². The maximum Gasteiger partial charge on any atom is 0.307 e. The lowest BCUT2D eigenvalue weighted by Gasteiger charge is -2.19. The van der Waals surface area contributed by atoms with E-state index in [1.807, 2.05) is 0 Å². The number of hydrogen-bond acceptors (Lipinski definition) is 6. The summed E-state index contributed by atoms with van der Waals surface area (Å²) < 4.78 is 28.9. The quantitative estimate of drug-likeness (QED) is 0.306. The number of aliphatic carboxylic acids is 2. The van der Waals surface area contributed by atoms with E-state index >= 15 is 0 Å². The summed E-state index contributed by atoms with van der Waals surface area (Å²) >= 11 is 0. The minimum atomic E-state index is -3.92. The number of carboxylic acids is 2. The molecule has 2 aromatic rings. The van der Waals surface area contributed by atoms with E-state index < -0.39 is 33.8 Å². The molecule has 194 valence electrons. The van der Waals surface area contributed by atoms with Crippen molar-refractivity contribution in [2.24, 2.45) is 23.7 Å². The summed E-state index contributed by atoms with van der Waals surface area (Å²) in [5, 5.41) is 25.8. The molecule has 0 spiro atoms. The molecule has 2 heterocycles. The summed E-state index contributed by atoms with van der Waals surface area (Å²) in [6.07, 6.45) is 2.17. The predicted molar refractivity (Wildman–Crippen MR) is 135 cm³/mol. The summed E-state index contributed by atoms with van der Waals surface area (Å²) in [5.41, 5.74) is 1.75. The van der Waals surface area contributed by atoms with Crippen LogP contribution >= 0.6 is 0 Å². The smallest absolute Gasteiger partial charge is 0.307 e. The molecule has 0 bridgehead atoms. The molecule has 9 nitrogen and oxygen atoms in total. The Morgan fingerprint density at radius 1 is 0.861 bits per heavy atom. The lowest BCUT2D eigenvalue weighted by Crippen LogP contribution is -2.27. The minimum absolute atomic E-state index is 0.0123. The molecule has 4 rings (SSSR count). The van der Waals surface area contributed by atoms with Gasteiger partial charge in [-0.05, 0) is 99.1 Å². The first kappa shape index (κ1) is 26.1. The van der Waals surface area contributed by atoms with Gasteiger partial charge in [0.05, 0.1) is 16.7 Å². The Morgan fingerprint density at radius 3 is 1.89 bits per heavy atom. The van der Waals surface area contributed by atoms with Crippen molar-refractivity contribution in [1.29, 1.82) is 0 Å². The van der Waals surface area contributed by atoms with Crippen molar-refractivity contribution in [3.8, 4) is 0 Å². The first-order chi connectivity index (χ1) is 17.2. The minimum Gasteiger partial charge on any atom is -0.481 e. The summed E-state index contributed by atoms with van der Waals surface area (Å²) in [7, 11) is -3.92. The van der Waals surface area contributed by atoms with Gasteiger partial charge < -0.3 is 20.8 Å². The largest absolute Gasteiger partial charge is 0.481 e. The highest BCUT2D eigenvalue weighted by atomic mass is 32.2. The van der Waals surface area contributed by atoms with E-state index in [4.69, 9.17) is 0 Å². The molecule has 0 amide bonds. The molecule has 4 atom stereocenters. The predicted octanol–water partition coefficient (Wildman–Crippen LogP) is 2.19. The van der Waals surface area contributed by atoms with E-state index in [0.29, 0.717) is 30.8 Å². The lowest BCUT2D eigenvalue weighted by molar-refractivity contribution is -0.144. The van der Waals surface area contributed by atoms with Crippen molar-refractivity contribution in [2.75, 3.05) is 30.9 Å². The van der Waals surface area contributed by atoms with Gasteiger partial charge in [0.1, 0.15) is 0 Å². The summed E-state index contributed by atoms with van der Waals surface area (Å²) in [6.45, 7) is 2.90. The normalized spacial score (nSPS) is 21.7. The number of carboxylic acid groups (broad SMARTS) is 2. The monoisotopic (exact) mass is 515 g/mol. The molecule has 2 fully saturated rings. The van der Waals surface area contributed by atoms with Crippen LogP contribution in [0.2, 0.25) is 0 Å². The maximum absolute atomic E-state index is 13.1. The molecule has 0 aromatic heterocycles. The number of benzene rings is 2. The van der Waals surface area contributed by atoms with E-state index in [2.05, 4.69) is 15.4 Å². The van der Waals surface area contributed by atoms with Gasteiger partial charge in [-0.3, -0.25) is 14.3 Å². The Bertz CT molecular complexity index is 1190. The van der Waals surface area contributed by atoms with Crippen LogP contribution in [0.3, 0.4) is 0 Å². The van der Waals surface area contributed by atoms with Crippen LogP contribution in [-0.2, 0) is 32.5 Å². The van der Waals surface area contributed by atoms with E-state index in [1.54, 1.807) is 36.4 Å². The number of hydrogen-bond donors (Lipinski definition) is 5. The van der Waals surface area contributed by atoms with Gasteiger partial charge in [0, 0.05) is 5.69 Å². The number of rotatable bonds is 11. The fraction of sp³-hybridized carbons (Fsp3) is 0.462. The number of carbonyl (C=O) groups is 2. The highest BCUT2D eigenvalue weighted by Crippen LogP contribution is 2.27. The maximum atomic E-state index is 13.1. The van der Waals surface area contributed by atoms with Crippen molar-refractivity contribution in [3.63, 3.8) is 0 Å². The summed E-state index contributed by atoms with van der Waals surface area (Å²) in [5.74, 6) is -2.79. The van der Waals surface area contributed by atoms with E-state index in [9.17, 15) is 28.2 Å². The number of sulfonamides is 1. The van der Waals surface area contributed by atoms with Crippen molar-refractivity contribution < 1.29 is 28.2 Å². The molecule has 2 aliphatic heterocycles. The van der Waals surface area contributed by atoms with Crippen LogP contribution in [0.1, 0.15) is 24.0 Å². The zero-order valence-electron chi connectivity index (χ0n) is 20.0. The molecule has 36 heavy (non-hydrogen) atoms. The van der Waals surface area contributed by atoms with Gasteiger partial charge in [-0.1, -0.05) is 24.3 Å². The van der Waals surface area contributed by atoms with Gasteiger partial charge >= 0.3 is 11.9 Å². The highest BCUT2D eigenvalue weighted by Gasteiger charge is 2.32. The third-order valence-electron chi connectivity index (χ3n) is 7.27. The van der Waals surface area contributed by atoms with Gasteiger partial charge in [-0.25, -0.2) is 8.42 Å². The first-order valence-corrected chi connectivity index (χ1v) is 13.8. The number of nitrogens with one attached hydrogen (secondary N) is 3. The third kappa shape index (κ3) is 6.43. The van der Waals surface area contributed by atoms with Crippen molar-refractivity contribution in [3.05, 3.63) is 59.7 Å². The highest BCUT2D eigenvalue weighted by molar-refractivity contribution is 7.92. The van der Waals surface area contributed by atoms with Crippen LogP contribution in [0, 0.1) is 23.7 Å². The second kappa shape index (κ2) is 11.4. The Morgan fingerprint density at radius 2 is 1.39 bits per heavy atom. The first-order valence-electron chi connectivity index (χ1n) is 12.3. The number of anilines is 1. The molecule has 0 saturated carbocycles. The van der Waals surface area contributed by atoms with E-state index in [1.165, 1.54) is 12.1 Å². The van der Waals surface area contributed by atoms with Gasteiger partial charge in [0.2, 0.25) is 0 Å². The molecule has 5 N–H and O–H groups in total. The Balaban J connectivity index is 1.48. The van der Waals surface area contributed by atoms with Gasteiger partial charge in [0.15, 0.2) is 0 Å². The molecule has 0 radical (unpaired) electrons. The van der Waals surface area contributed by atoms with Crippen LogP contribution in [0.5, 0.6) is 0 Å². The van der Waals surface area contributed by atoms with E-state index in [0.717, 1.165) is 31.5 Å². The topological polar surface area (TPSA) is 145 Å². The Labute approximate surface area is 211 Å². The Kier molecular flexibility index (Phi) is 8.28. The van der Waals surface area contributed by atoms with Crippen molar-refractivity contribution in [2.45, 2.75) is 30.6 Å². The molecule has 2 aromatic carbocycles. The molecule has 2 saturated heterocycles. The van der Waals surface area contributed by atoms with Gasteiger partial charge in [0.25, 0.3) is 10.0 Å². The molecule has 2 aliphatic rings. The Hall–Kier alpha value is -2.95. The average molecular weight is 516 g/mol. The molecule has 0 aliphatic carbocycles. The van der Waals surface area contributed by atoms with Crippen LogP contribution in [0.4, 0.5) is 5.69 Å². The average Bonchev–Trinajstić information content (AvgIpc) is 3.55. The molecule has 0 unspecified atom stereocenters. The fourth-order valence-electron chi connectivity index (χ4n) is 5.28. The second-order valence-corrected chi connectivity index (χ2v) is 11.4. The molecule has 10 heteroatoms. The van der Waals surface area contributed by atoms with Crippen molar-refractivity contribution in [1.82, 2.24) is 10.6 Å². The fourth-order valence-corrected chi connectivity index (χ4v) is 6.39. The SMILES string of the molecule is O=C(O)[C@@H](Cc1cccc(NS(=O)(=O)c2cccc(C[C@H](C(=O)O)[C@H]3CCNC3)c2)c1)[C@H]1CCNC1. The van der Waals surface area contributed by atoms with Crippen LogP contribution in [-0.4, -0.2) is 56.7 Å². The zero-order valence-corrected chi connectivity index (χ0v) is 20.8. The standard InChI is InChI=1S/C26H33N3O6S/c30-25(31)23(19-7-9-27-15-19)13-17-3-1-5-21(11-17)29-36(34,35)22-6-2-4-18(12-22)14-24(26(32)33)20-8-10-28-16-20/h1-6,11-12,19-20,23-24,27-29H,7-10,13-16H2,(H,30,31)(H,32,33)/t19-,20-,23-,24-/m0/s1. The molecular weight excluding hydrogens is 482 g/mol.